The molecule has 0 radical (unpaired) electrons. The lowest BCUT2D eigenvalue weighted by molar-refractivity contribution is -0.242. The number of ketones is 1. The van der Waals surface area contributed by atoms with Gasteiger partial charge in [0, 0.05) is 6.42 Å². The second kappa shape index (κ2) is 13.9. The molecule has 0 bridgehead atoms. The second-order valence-corrected chi connectivity index (χ2v) is 6.11. The molecule has 142 valence electrons. The smallest absolute Gasteiger partial charge is 0.315 e. The molecule has 0 saturated carbocycles. The highest BCUT2D eigenvalue weighted by atomic mass is 16.8. The molecule has 4 heteroatoms. The molecular formula is C21H34O4. The summed E-state index contributed by atoms with van der Waals surface area (Å²) in [4.78, 5) is 12.5. The Labute approximate surface area is 152 Å². The summed E-state index contributed by atoms with van der Waals surface area (Å²) < 4.78 is 16.6. The SMILES string of the molecule is CCCCCCCCCC(=O)c1ccccc1OC(OCC)OCC. The summed E-state index contributed by atoms with van der Waals surface area (Å²) in [5, 5.41) is 0. The normalized spacial score (nSPS) is 11.0. The predicted octanol–water partition coefficient (Wildman–Crippen LogP) is 5.75. The van der Waals surface area contributed by atoms with Crippen LogP contribution >= 0.6 is 0 Å². The van der Waals surface area contributed by atoms with Gasteiger partial charge in [-0.15, -0.1) is 0 Å². The Morgan fingerprint density at radius 1 is 0.880 bits per heavy atom. The Balaban J connectivity index is 2.49. The molecule has 0 atom stereocenters. The zero-order valence-corrected chi connectivity index (χ0v) is 16.1. The van der Waals surface area contributed by atoms with E-state index in [9.17, 15) is 4.79 Å². The maximum Gasteiger partial charge on any atom is 0.315 e. The van der Waals surface area contributed by atoms with Gasteiger partial charge in [0.1, 0.15) is 5.75 Å². The summed E-state index contributed by atoms with van der Waals surface area (Å²) >= 11 is 0. The van der Waals surface area contributed by atoms with Crippen LogP contribution in [-0.4, -0.2) is 25.5 Å². The van der Waals surface area contributed by atoms with Gasteiger partial charge in [0.15, 0.2) is 5.78 Å². The van der Waals surface area contributed by atoms with E-state index in [1.54, 1.807) is 6.07 Å². The van der Waals surface area contributed by atoms with E-state index in [1.807, 2.05) is 32.0 Å². The molecule has 0 saturated heterocycles. The number of hydrogen-bond acceptors (Lipinski definition) is 4. The van der Waals surface area contributed by atoms with Gasteiger partial charge in [-0.05, 0) is 32.4 Å². The fraction of sp³-hybridized carbons (Fsp3) is 0.667. The minimum Gasteiger partial charge on any atom is -0.440 e. The standard InChI is InChI=1S/C21H34O4/c1-4-7-8-9-10-11-12-16-19(22)18-15-13-14-17-20(18)25-21(23-5-2)24-6-3/h13-15,17,21H,4-12,16H2,1-3H3. The molecule has 0 heterocycles. The first-order valence-corrected chi connectivity index (χ1v) is 9.74. The Morgan fingerprint density at radius 2 is 1.48 bits per heavy atom. The summed E-state index contributed by atoms with van der Waals surface area (Å²) in [6, 6.07) is 7.33. The van der Waals surface area contributed by atoms with Crippen molar-refractivity contribution < 1.29 is 19.0 Å². The number of para-hydroxylation sites is 1. The first kappa shape index (κ1) is 21.7. The third-order valence-corrected chi connectivity index (χ3v) is 4.02. The van der Waals surface area contributed by atoms with Crippen molar-refractivity contribution in [3.63, 3.8) is 0 Å². The molecule has 0 aliphatic carbocycles. The van der Waals surface area contributed by atoms with Crippen molar-refractivity contribution in [2.45, 2.75) is 78.6 Å². The molecule has 4 nitrogen and oxygen atoms in total. The number of carbonyl (C=O) groups excluding carboxylic acids is 1. The van der Waals surface area contributed by atoms with Crippen LogP contribution < -0.4 is 4.74 Å². The third kappa shape index (κ3) is 9.03. The Bertz CT molecular complexity index is 467. The van der Waals surface area contributed by atoms with Crippen LogP contribution in [0.2, 0.25) is 0 Å². The topological polar surface area (TPSA) is 44.8 Å². The number of carbonyl (C=O) groups is 1. The summed E-state index contributed by atoms with van der Waals surface area (Å²) in [6.07, 6.45) is 8.95. The average molecular weight is 350 g/mol. The van der Waals surface area contributed by atoms with Gasteiger partial charge >= 0.3 is 6.48 Å². The third-order valence-electron chi connectivity index (χ3n) is 4.02. The average Bonchev–Trinajstić information content (AvgIpc) is 2.61. The second-order valence-electron chi connectivity index (χ2n) is 6.11. The summed E-state index contributed by atoms with van der Waals surface area (Å²) in [6.45, 7) is 6.18. The van der Waals surface area contributed by atoms with Gasteiger partial charge in [0.05, 0.1) is 18.8 Å². The van der Waals surface area contributed by atoms with Crippen LogP contribution in [0, 0.1) is 0 Å². The van der Waals surface area contributed by atoms with E-state index in [0.717, 1.165) is 12.8 Å². The van der Waals surface area contributed by atoms with E-state index in [0.29, 0.717) is 30.9 Å². The fourth-order valence-corrected chi connectivity index (χ4v) is 2.67. The number of hydrogen-bond donors (Lipinski definition) is 0. The Kier molecular flexibility index (Phi) is 12.0. The molecule has 0 aliphatic rings. The van der Waals surface area contributed by atoms with Gasteiger partial charge in [0.2, 0.25) is 0 Å². The van der Waals surface area contributed by atoms with E-state index in [2.05, 4.69) is 6.92 Å². The Hall–Kier alpha value is -1.39. The summed E-state index contributed by atoms with van der Waals surface area (Å²) in [5.41, 5.74) is 0.609. The van der Waals surface area contributed by atoms with Crippen molar-refractivity contribution in [2.75, 3.05) is 13.2 Å². The molecule has 0 aliphatic heterocycles. The monoisotopic (exact) mass is 350 g/mol. The minimum absolute atomic E-state index is 0.121. The van der Waals surface area contributed by atoms with Crippen LogP contribution in [0.5, 0.6) is 5.75 Å². The molecule has 0 N–H and O–H groups in total. The van der Waals surface area contributed by atoms with Crippen molar-refractivity contribution in [1.82, 2.24) is 0 Å². The van der Waals surface area contributed by atoms with Gasteiger partial charge in [-0.1, -0.05) is 57.6 Å². The van der Waals surface area contributed by atoms with E-state index in [-0.39, 0.29) is 5.78 Å². The quantitative estimate of drug-likeness (QED) is 0.230. The van der Waals surface area contributed by atoms with Crippen LogP contribution in [0.1, 0.15) is 82.5 Å². The van der Waals surface area contributed by atoms with Crippen molar-refractivity contribution in [2.24, 2.45) is 0 Å². The first-order chi connectivity index (χ1) is 12.2. The van der Waals surface area contributed by atoms with Crippen LogP contribution in [-0.2, 0) is 9.47 Å². The van der Waals surface area contributed by atoms with Crippen molar-refractivity contribution in [1.29, 1.82) is 0 Å². The lowest BCUT2D eigenvalue weighted by Gasteiger charge is -2.19. The zero-order valence-electron chi connectivity index (χ0n) is 16.1. The van der Waals surface area contributed by atoms with E-state index in [4.69, 9.17) is 14.2 Å². The number of Topliss-reactive ketones (excluding diaryl/α,β-unsaturated/α-hetero) is 1. The van der Waals surface area contributed by atoms with Crippen molar-refractivity contribution >= 4 is 5.78 Å². The maximum atomic E-state index is 12.5. The summed E-state index contributed by atoms with van der Waals surface area (Å²) in [7, 11) is 0. The number of unbranched alkanes of at least 4 members (excludes halogenated alkanes) is 6. The van der Waals surface area contributed by atoms with Gasteiger partial charge in [-0.3, -0.25) is 4.79 Å². The lowest BCUT2D eigenvalue weighted by Crippen LogP contribution is -2.25. The molecule has 1 aromatic rings. The predicted molar refractivity (Wildman–Crippen MR) is 101 cm³/mol. The molecule has 0 fully saturated rings. The van der Waals surface area contributed by atoms with Gasteiger partial charge in [0.25, 0.3) is 0 Å². The maximum absolute atomic E-state index is 12.5. The molecule has 25 heavy (non-hydrogen) atoms. The van der Waals surface area contributed by atoms with E-state index in [1.165, 1.54) is 32.1 Å². The molecular weight excluding hydrogens is 316 g/mol. The number of ether oxygens (including phenoxy) is 3. The van der Waals surface area contributed by atoms with Gasteiger partial charge < -0.3 is 14.2 Å². The van der Waals surface area contributed by atoms with Gasteiger partial charge in [-0.2, -0.15) is 0 Å². The van der Waals surface area contributed by atoms with E-state index < -0.39 is 6.48 Å². The highest BCUT2D eigenvalue weighted by Gasteiger charge is 2.16. The highest BCUT2D eigenvalue weighted by molar-refractivity contribution is 5.98. The molecule has 1 rings (SSSR count). The molecule has 0 unspecified atom stereocenters. The Morgan fingerprint density at radius 3 is 2.12 bits per heavy atom. The molecule has 0 spiro atoms. The van der Waals surface area contributed by atoms with Crippen molar-refractivity contribution in [3.8, 4) is 5.75 Å². The zero-order chi connectivity index (χ0) is 18.3. The minimum atomic E-state index is -0.775. The largest absolute Gasteiger partial charge is 0.440 e. The number of benzene rings is 1. The molecule has 1 aromatic carbocycles. The van der Waals surface area contributed by atoms with Crippen molar-refractivity contribution in [3.05, 3.63) is 29.8 Å². The fourth-order valence-electron chi connectivity index (χ4n) is 2.67. The lowest BCUT2D eigenvalue weighted by atomic mass is 10.0. The van der Waals surface area contributed by atoms with Crippen LogP contribution in [0.25, 0.3) is 0 Å². The molecule has 0 amide bonds. The van der Waals surface area contributed by atoms with Gasteiger partial charge in [-0.25, -0.2) is 0 Å². The highest BCUT2D eigenvalue weighted by Crippen LogP contribution is 2.23. The van der Waals surface area contributed by atoms with Crippen LogP contribution in [0.4, 0.5) is 0 Å². The van der Waals surface area contributed by atoms with E-state index >= 15 is 0 Å². The number of rotatable bonds is 15. The van der Waals surface area contributed by atoms with Crippen LogP contribution in [0.15, 0.2) is 24.3 Å². The summed E-state index contributed by atoms with van der Waals surface area (Å²) in [5.74, 6) is 0.651. The first-order valence-electron chi connectivity index (χ1n) is 9.74. The van der Waals surface area contributed by atoms with Crippen LogP contribution in [0.3, 0.4) is 0 Å². The molecule has 0 aromatic heterocycles.